The van der Waals surface area contributed by atoms with Crippen LogP contribution < -0.4 is 10.6 Å². The van der Waals surface area contributed by atoms with Gasteiger partial charge >= 0.3 is 0 Å². The highest BCUT2D eigenvalue weighted by molar-refractivity contribution is 6.08. The zero-order valence-corrected chi connectivity index (χ0v) is 12.2. The lowest BCUT2D eigenvalue weighted by molar-refractivity contribution is -0.112. The molecule has 0 atom stereocenters. The molecule has 0 aliphatic heterocycles. The first kappa shape index (κ1) is 15.6. The normalized spacial score (nSPS) is 11.5. The van der Waals surface area contributed by atoms with Gasteiger partial charge in [-0.2, -0.15) is 0 Å². The number of carbonyl (C=O) groups is 2. The van der Waals surface area contributed by atoms with Crippen molar-refractivity contribution in [2.24, 2.45) is 4.99 Å². The maximum atomic E-state index is 12.1. The molecule has 1 aromatic carbocycles. The topological polar surface area (TPSA) is 70.6 Å². The minimum absolute atomic E-state index is 0.249. The Morgan fingerprint density at radius 1 is 1.25 bits per heavy atom. The summed E-state index contributed by atoms with van der Waals surface area (Å²) < 4.78 is 0. The fourth-order valence-corrected chi connectivity index (χ4v) is 1.68. The molecular weight excluding hydrogens is 254 g/mol. The van der Waals surface area contributed by atoms with Crippen molar-refractivity contribution in [3.8, 4) is 0 Å². The molecule has 5 nitrogen and oxygen atoms in total. The van der Waals surface area contributed by atoms with Gasteiger partial charge in [-0.15, -0.1) is 0 Å². The first-order valence-corrected chi connectivity index (χ1v) is 6.32. The summed E-state index contributed by atoms with van der Waals surface area (Å²) in [4.78, 5) is 27.8. The van der Waals surface area contributed by atoms with Crippen LogP contribution in [0.2, 0.25) is 0 Å². The predicted molar refractivity (Wildman–Crippen MR) is 81.1 cm³/mol. The molecule has 0 aromatic heterocycles. The summed E-state index contributed by atoms with van der Waals surface area (Å²) in [5.41, 5.74) is 2.15. The van der Waals surface area contributed by atoms with Gasteiger partial charge < -0.3 is 10.6 Å². The summed E-state index contributed by atoms with van der Waals surface area (Å²) in [6.45, 7) is 5.36. The molecule has 20 heavy (non-hydrogen) atoms. The molecule has 0 unspecified atom stereocenters. The summed E-state index contributed by atoms with van der Waals surface area (Å²) in [6, 6.07) is 5.26. The number of carbonyl (C=O) groups excluding carboxylic acids is 2. The lowest BCUT2D eigenvalue weighted by Gasteiger charge is -2.11. The van der Waals surface area contributed by atoms with E-state index in [0.29, 0.717) is 16.9 Å². The average Bonchev–Trinajstić information content (AvgIpc) is 2.44. The molecule has 1 aromatic rings. The minimum atomic E-state index is -0.346. The van der Waals surface area contributed by atoms with Crippen molar-refractivity contribution in [3.05, 3.63) is 41.1 Å². The number of allylic oxidation sites excluding steroid dienone is 1. The van der Waals surface area contributed by atoms with Crippen molar-refractivity contribution in [2.75, 3.05) is 12.4 Å². The van der Waals surface area contributed by atoms with Crippen molar-refractivity contribution in [1.82, 2.24) is 5.32 Å². The Labute approximate surface area is 118 Å². The number of hydrogen-bond donors (Lipinski definition) is 2. The molecule has 1 rings (SSSR count). The Balaban J connectivity index is 3.11. The largest absolute Gasteiger partial charge is 0.355 e. The SMILES string of the molecule is CC=N/C(=C\C)C(=O)Nc1cc(C)ccc1C(=O)NC. The smallest absolute Gasteiger partial charge is 0.273 e. The monoisotopic (exact) mass is 273 g/mol. The molecule has 0 aliphatic carbocycles. The van der Waals surface area contributed by atoms with Crippen LogP contribution in [-0.4, -0.2) is 25.1 Å². The maximum absolute atomic E-state index is 12.1. The fourth-order valence-electron chi connectivity index (χ4n) is 1.68. The van der Waals surface area contributed by atoms with Crippen molar-refractivity contribution < 1.29 is 9.59 Å². The third-order valence-corrected chi connectivity index (χ3v) is 2.67. The lowest BCUT2D eigenvalue weighted by atomic mass is 10.1. The van der Waals surface area contributed by atoms with E-state index in [-0.39, 0.29) is 11.8 Å². The van der Waals surface area contributed by atoms with Gasteiger partial charge in [0.05, 0.1) is 11.3 Å². The summed E-state index contributed by atoms with van der Waals surface area (Å²) in [7, 11) is 1.55. The highest BCUT2D eigenvalue weighted by atomic mass is 16.2. The van der Waals surface area contributed by atoms with E-state index in [0.717, 1.165) is 5.56 Å². The van der Waals surface area contributed by atoms with Gasteiger partial charge in [0.15, 0.2) is 0 Å². The molecule has 0 radical (unpaired) electrons. The van der Waals surface area contributed by atoms with Crippen molar-refractivity contribution in [1.29, 1.82) is 0 Å². The molecular formula is C15H19N3O2. The second kappa shape index (κ2) is 7.23. The molecule has 0 heterocycles. The highest BCUT2D eigenvalue weighted by Crippen LogP contribution is 2.18. The maximum Gasteiger partial charge on any atom is 0.273 e. The van der Waals surface area contributed by atoms with E-state index in [4.69, 9.17) is 0 Å². The number of nitrogens with zero attached hydrogens (tertiary/aromatic N) is 1. The van der Waals surface area contributed by atoms with Gasteiger partial charge in [0.1, 0.15) is 5.70 Å². The van der Waals surface area contributed by atoms with Crippen LogP contribution in [0.25, 0.3) is 0 Å². The van der Waals surface area contributed by atoms with Crippen LogP contribution in [0.3, 0.4) is 0 Å². The van der Waals surface area contributed by atoms with E-state index in [9.17, 15) is 9.59 Å². The molecule has 5 heteroatoms. The fraction of sp³-hybridized carbons (Fsp3) is 0.267. The second-order valence-electron chi connectivity index (χ2n) is 4.14. The lowest BCUT2D eigenvalue weighted by Crippen LogP contribution is -2.22. The van der Waals surface area contributed by atoms with Gasteiger partial charge in [0.25, 0.3) is 11.8 Å². The summed E-state index contributed by atoms with van der Waals surface area (Å²) >= 11 is 0. The van der Waals surface area contributed by atoms with Gasteiger partial charge in [-0.05, 0) is 38.5 Å². The third-order valence-electron chi connectivity index (χ3n) is 2.67. The second-order valence-corrected chi connectivity index (χ2v) is 4.14. The Hall–Kier alpha value is -2.43. The number of hydrogen-bond acceptors (Lipinski definition) is 3. The Kier molecular flexibility index (Phi) is 5.65. The van der Waals surface area contributed by atoms with E-state index in [2.05, 4.69) is 15.6 Å². The highest BCUT2D eigenvalue weighted by Gasteiger charge is 2.14. The Bertz CT molecular complexity index is 574. The molecule has 0 saturated carbocycles. The molecule has 0 aliphatic rings. The van der Waals surface area contributed by atoms with E-state index in [1.807, 2.05) is 13.0 Å². The van der Waals surface area contributed by atoms with Crippen molar-refractivity contribution >= 4 is 23.7 Å². The van der Waals surface area contributed by atoms with Crippen LogP contribution in [-0.2, 0) is 4.79 Å². The number of amides is 2. The van der Waals surface area contributed by atoms with Crippen LogP contribution in [0.1, 0.15) is 29.8 Å². The molecule has 0 saturated heterocycles. The van der Waals surface area contributed by atoms with Gasteiger partial charge in [-0.1, -0.05) is 12.1 Å². The minimum Gasteiger partial charge on any atom is -0.355 e. The summed E-state index contributed by atoms with van der Waals surface area (Å²) in [5, 5.41) is 5.27. The van der Waals surface area contributed by atoms with E-state index in [1.54, 1.807) is 45.3 Å². The Morgan fingerprint density at radius 3 is 2.50 bits per heavy atom. The number of anilines is 1. The average molecular weight is 273 g/mol. The molecule has 106 valence electrons. The molecule has 2 N–H and O–H groups in total. The summed E-state index contributed by atoms with van der Waals surface area (Å²) in [5.74, 6) is -0.595. The van der Waals surface area contributed by atoms with Crippen LogP contribution in [0.5, 0.6) is 0 Å². The van der Waals surface area contributed by atoms with Gasteiger partial charge in [-0.25, -0.2) is 0 Å². The van der Waals surface area contributed by atoms with E-state index < -0.39 is 0 Å². The van der Waals surface area contributed by atoms with Crippen LogP contribution in [0.4, 0.5) is 5.69 Å². The number of aryl methyl sites for hydroxylation is 1. The zero-order chi connectivity index (χ0) is 15.1. The number of benzene rings is 1. The predicted octanol–water partition coefficient (Wildman–Crippen LogP) is 2.29. The Morgan fingerprint density at radius 2 is 1.95 bits per heavy atom. The first-order chi connectivity index (χ1) is 9.53. The van der Waals surface area contributed by atoms with Gasteiger partial charge in [0.2, 0.25) is 0 Å². The van der Waals surface area contributed by atoms with E-state index in [1.165, 1.54) is 0 Å². The first-order valence-electron chi connectivity index (χ1n) is 6.32. The quantitative estimate of drug-likeness (QED) is 0.652. The molecule has 0 bridgehead atoms. The van der Waals surface area contributed by atoms with Crippen molar-refractivity contribution in [2.45, 2.75) is 20.8 Å². The van der Waals surface area contributed by atoms with E-state index >= 15 is 0 Å². The number of nitrogens with one attached hydrogen (secondary N) is 2. The van der Waals surface area contributed by atoms with Crippen LogP contribution in [0.15, 0.2) is 35.0 Å². The van der Waals surface area contributed by atoms with Gasteiger partial charge in [0, 0.05) is 13.3 Å². The standard InChI is InChI=1S/C15H19N3O2/c1-5-12(17-6-2)15(20)18-13-9-10(3)7-8-11(13)14(19)16-4/h5-9H,1-4H3,(H,16,19)(H,18,20)/b12-5-,17-6?. The third kappa shape index (κ3) is 3.78. The number of aliphatic imine (C=N–C) groups is 1. The molecule has 0 spiro atoms. The summed E-state index contributed by atoms with van der Waals surface area (Å²) in [6.07, 6.45) is 3.16. The van der Waals surface area contributed by atoms with Crippen LogP contribution >= 0.6 is 0 Å². The molecule has 2 amide bonds. The van der Waals surface area contributed by atoms with Gasteiger partial charge in [-0.3, -0.25) is 14.6 Å². The number of rotatable bonds is 4. The molecule has 0 fully saturated rings. The zero-order valence-electron chi connectivity index (χ0n) is 12.2. The van der Waals surface area contributed by atoms with Crippen LogP contribution in [0, 0.1) is 6.92 Å². The van der Waals surface area contributed by atoms with Crippen molar-refractivity contribution in [3.63, 3.8) is 0 Å².